The molecule has 0 bridgehead atoms. The second kappa shape index (κ2) is 10.0. The van der Waals surface area contributed by atoms with E-state index in [-0.39, 0.29) is 37.3 Å². The number of hydrogen-bond acceptors (Lipinski definition) is 3. The van der Waals surface area contributed by atoms with E-state index in [4.69, 9.17) is 21.6 Å². The number of aryl methyl sites for hydroxylation is 2. The van der Waals surface area contributed by atoms with Crippen molar-refractivity contribution < 1.29 is 46.5 Å². The van der Waals surface area contributed by atoms with Crippen molar-refractivity contribution in [3.8, 4) is 11.3 Å². The summed E-state index contributed by atoms with van der Waals surface area (Å²) in [6, 6.07) is 16.5. The topological polar surface area (TPSA) is 50.2 Å². The van der Waals surface area contributed by atoms with E-state index in [1.54, 1.807) is 6.07 Å². The van der Waals surface area contributed by atoms with Crippen molar-refractivity contribution >= 4 is 16.7 Å². The summed E-state index contributed by atoms with van der Waals surface area (Å²) in [6.45, 7) is -10.6. The maximum atomic E-state index is 10.7. The van der Waals surface area contributed by atoms with E-state index in [0.717, 1.165) is 10.9 Å². The van der Waals surface area contributed by atoms with Crippen LogP contribution in [0.3, 0.4) is 0 Å². The molecule has 1 heterocycles. The van der Waals surface area contributed by atoms with Crippen molar-refractivity contribution in [3.05, 3.63) is 77.6 Å². The predicted octanol–water partition coefficient (Wildman–Crippen LogP) is 5.35. The Hall–Kier alpha value is -2.29. The van der Waals surface area contributed by atoms with Crippen molar-refractivity contribution in [1.82, 2.24) is 4.98 Å². The van der Waals surface area contributed by atoms with Crippen molar-refractivity contribution in [2.24, 2.45) is 0 Å². The monoisotopic (exact) mass is 537 g/mol. The number of aliphatic hydroxyl groups is 1. The van der Waals surface area contributed by atoms with Gasteiger partial charge in [0.25, 0.3) is 0 Å². The number of allylic oxidation sites excluding steroid dienone is 2. The third-order valence-corrected chi connectivity index (χ3v) is 3.01. The van der Waals surface area contributed by atoms with Crippen LogP contribution >= 0.6 is 0 Å². The van der Waals surface area contributed by atoms with Gasteiger partial charge in [0.15, 0.2) is 5.78 Å². The number of rotatable bonds is 2. The maximum absolute atomic E-state index is 10.7. The Morgan fingerprint density at radius 3 is 2.73 bits per heavy atom. The molecule has 137 valence electrons. The van der Waals surface area contributed by atoms with Gasteiger partial charge in [-0.25, -0.2) is 0 Å². The molecule has 3 aromatic rings. The van der Waals surface area contributed by atoms with Gasteiger partial charge in [0.05, 0.1) is 11.3 Å². The Morgan fingerprint density at radius 1 is 1.15 bits per heavy atom. The van der Waals surface area contributed by atoms with Gasteiger partial charge in [0.2, 0.25) is 0 Å². The number of carbonyl (C=O) groups excluding carboxylic acids is 1. The summed E-state index contributed by atoms with van der Waals surface area (Å²) in [5.74, 6) is -2.62. The molecular weight excluding hydrogens is 502 g/mol. The number of carbonyl (C=O) groups is 1. The molecule has 0 aliphatic rings. The van der Waals surface area contributed by atoms with E-state index in [0.29, 0.717) is 11.3 Å². The molecule has 1 aromatic heterocycles. The summed E-state index contributed by atoms with van der Waals surface area (Å²) < 4.78 is 85.0. The Bertz CT molecular complexity index is 1280. The number of aromatic nitrogens is 1. The molecule has 0 saturated heterocycles. The van der Waals surface area contributed by atoms with E-state index >= 15 is 0 Å². The number of ketones is 1. The third kappa shape index (κ3) is 6.55. The van der Waals surface area contributed by atoms with Crippen LogP contribution in [-0.2, 0) is 24.9 Å². The van der Waals surface area contributed by atoms with Gasteiger partial charge in [0.1, 0.15) is 0 Å². The van der Waals surface area contributed by atoms with Crippen LogP contribution in [-0.4, -0.2) is 15.9 Å². The molecule has 2 aromatic carbocycles. The average molecular weight is 537 g/mol. The fourth-order valence-electron chi connectivity index (χ4n) is 2.05. The van der Waals surface area contributed by atoms with Gasteiger partial charge in [-0.1, -0.05) is 44.0 Å². The predicted molar refractivity (Wildman–Crippen MR) is 103 cm³/mol. The van der Waals surface area contributed by atoms with Gasteiger partial charge in [-0.15, -0.1) is 34.9 Å². The number of fused-ring (bicyclic) bond motifs is 1. The number of benzene rings is 2. The molecule has 4 heteroatoms. The van der Waals surface area contributed by atoms with Gasteiger partial charge in [0, 0.05) is 42.6 Å². The van der Waals surface area contributed by atoms with Gasteiger partial charge in [-0.2, -0.15) is 0 Å². The minimum atomic E-state index is -2.92. The molecule has 3 rings (SSSR count). The van der Waals surface area contributed by atoms with Crippen molar-refractivity contribution in [2.75, 3.05) is 0 Å². The minimum absolute atomic E-state index is 0. The molecule has 0 spiro atoms. The Morgan fingerprint density at radius 2 is 2.00 bits per heavy atom. The Kier molecular flexibility index (Phi) is 3.69. The van der Waals surface area contributed by atoms with Crippen LogP contribution in [0.5, 0.6) is 0 Å². The zero-order chi connectivity index (χ0) is 28.4. The Labute approximate surface area is 185 Å². The first-order valence-electron chi connectivity index (χ1n) is 13.1. The fourth-order valence-corrected chi connectivity index (χ4v) is 2.05. The van der Waals surface area contributed by atoms with Gasteiger partial charge < -0.3 is 5.11 Å². The molecule has 0 aliphatic heterocycles. The zero-order valence-corrected chi connectivity index (χ0v) is 15.7. The zero-order valence-electron chi connectivity index (χ0n) is 25.3. The molecule has 1 radical (unpaired) electrons. The van der Waals surface area contributed by atoms with E-state index in [1.807, 2.05) is 30.3 Å². The van der Waals surface area contributed by atoms with Gasteiger partial charge >= 0.3 is 0 Å². The maximum Gasteiger partial charge on any atom is 0.155 e. The summed E-state index contributed by atoms with van der Waals surface area (Å²) in [6.07, 6.45) is 0.208. The number of aliphatic hydroxyl groups excluding tert-OH is 1. The van der Waals surface area contributed by atoms with Crippen LogP contribution < -0.4 is 0 Å². The van der Waals surface area contributed by atoms with Crippen LogP contribution in [0.15, 0.2) is 60.4 Å². The van der Waals surface area contributed by atoms with Crippen LogP contribution in [0, 0.1) is 19.8 Å². The third-order valence-electron chi connectivity index (χ3n) is 3.01. The molecule has 3 nitrogen and oxygen atoms in total. The minimum Gasteiger partial charge on any atom is -0.512 e. The number of pyridine rings is 1. The molecule has 0 saturated carbocycles. The molecule has 26 heavy (non-hydrogen) atoms. The fraction of sp³-hybridized carbons (Fsp3) is 0.182. The summed E-state index contributed by atoms with van der Waals surface area (Å²) in [7, 11) is 0. The van der Waals surface area contributed by atoms with E-state index in [1.165, 1.54) is 12.1 Å². The summed E-state index contributed by atoms with van der Waals surface area (Å²) in [5.41, 5.74) is 1.45. The standard InChI is InChI=1S/C17H14N.C5H8O2.Ir/c1-12-9-13(2)11-15(10-12)17-8-7-14-5-3-4-6-16(14)18-17;1-4(6)3-5(2)7;/h3-10H,1-2H3;3,6H,1-2H3;/q-1;;/b;4-3-;/i2*1D3,2D3;. The van der Waals surface area contributed by atoms with Crippen LogP contribution in [0.4, 0.5) is 0 Å². The SMILES string of the molecule is [2H]C([2H])([2H])C(=O)/C=C(\O)C([2H])([2H])[2H].[2H]C([2H])([2H])c1[c-]c(-c2ccc3ccccc3n2)cc(C([2H])([2H])[2H])c1.[Ir]. The van der Waals surface area contributed by atoms with Gasteiger partial charge in [-0.05, 0) is 30.9 Å². The number of para-hydroxylation sites is 1. The van der Waals surface area contributed by atoms with Crippen LogP contribution in [0.2, 0.25) is 0 Å². The normalized spacial score (nSPS) is 19.3. The molecule has 0 atom stereocenters. The van der Waals surface area contributed by atoms with E-state index in [2.05, 4.69) is 11.1 Å². The average Bonchev–Trinajstić information content (AvgIpc) is 2.76. The smallest absolute Gasteiger partial charge is 0.155 e. The quantitative estimate of drug-likeness (QED) is 0.273. The summed E-state index contributed by atoms with van der Waals surface area (Å²) in [4.78, 5) is 15.2. The van der Waals surface area contributed by atoms with Crippen LogP contribution in [0.1, 0.15) is 41.3 Å². The molecular formula is C22H22IrNO2-. The molecule has 0 fully saturated rings. The summed E-state index contributed by atoms with van der Waals surface area (Å²) >= 11 is 0. The van der Waals surface area contributed by atoms with Crippen molar-refractivity contribution in [1.29, 1.82) is 0 Å². The molecule has 0 unspecified atom stereocenters. The number of hydrogen-bond donors (Lipinski definition) is 1. The van der Waals surface area contributed by atoms with E-state index < -0.39 is 38.9 Å². The first kappa shape index (κ1) is 9.59. The summed E-state index contributed by atoms with van der Waals surface area (Å²) in [5, 5.41) is 9.70. The van der Waals surface area contributed by atoms with E-state index in [9.17, 15) is 4.79 Å². The molecule has 1 N–H and O–H groups in total. The molecule has 0 amide bonds. The van der Waals surface area contributed by atoms with Crippen molar-refractivity contribution in [2.45, 2.75) is 27.4 Å². The number of nitrogens with zero attached hydrogens (tertiary/aromatic N) is 1. The largest absolute Gasteiger partial charge is 0.512 e. The first-order valence-corrected chi connectivity index (χ1v) is 7.10. The second-order valence-electron chi connectivity index (χ2n) is 4.98. The first-order chi connectivity index (χ1) is 16.7. The van der Waals surface area contributed by atoms with Crippen molar-refractivity contribution in [3.63, 3.8) is 0 Å². The second-order valence-corrected chi connectivity index (χ2v) is 4.98. The van der Waals surface area contributed by atoms with Gasteiger partial charge in [-0.3, -0.25) is 9.78 Å². The van der Waals surface area contributed by atoms with Crippen LogP contribution in [0.25, 0.3) is 22.2 Å². The molecule has 0 aliphatic carbocycles. The Balaban J connectivity index is 0.000000444.